The number of aryl methyl sites for hydroxylation is 2. The second-order valence-corrected chi connectivity index (χ2v) is 9.26. The molecule has 0 atom stereocenters. The number of unbranched alkanes of at least 4 members (excludes halogenated alkanes) is 2. The molecule has 2 N–H and O–H groups in total. The second kappa shape index (κ2) is 10.3. The zero-order valence-electron chi connectivity index (χ0n) is 20.7. The molecule has 1 aromatic carbocycles. The third-order valence-corrected chi connectivity index (χ3v) is 6.71. The Morgan fingerprint density at radius 2 is 1.03 bits per heavy atom. The number of rotatable bonds is 8. The van der Waals surface area contributed by atoms with Crippen LogP contribution in [0, 0.1) is 0 Å². The maximum atomic E-state index is 13.1. The molecule has 4 heterocycles. The molecule has 0 unspecified atom stereocenters. The quantitative estimate of drug-likeness (QED) is 0.261. The van der Waals surface area contributed by atoms with Crippen molar-refractivity contribution in [1.82, 2.24) is 19.9 Å². The van der Waals surface area contributed by atoms with Crippen LogP contribution in [0.15, 0.2) is 70.8 Å². The summed E-state index contributed by atoms with van der Waals surface area (Å²) in [5.74, 6) is 0. The Morgan fingerprint density at radius 1 is 0.611 bits per heavy atom. The van der Waals surface area contributed by atoms with E-state index < -0.39 is 0 Å². The van der Waals surface area contributed by atoms with E-state index in [4.69, 9.17) is 9.97 Å². The van der Waals surface area contributed by atoms with Crippen LogP contribution in [0.4, 0.5) is 0 Å². The van der Waals surface area contributed by atoms with Crippen LogP contribution in [0.1, 0.15) is 50.7 Å². The fourth-order valence-corrected chi connectivity index (χ4v) is 4.61. The first-order valence-corrected chi connectivity index (χ1v) is 12.7. The largest absolute Gasteiger partial charge is 0.366 e. The van der Waals surface area contributed by atoms with Crippen molar-refractivity contribution < 1.29 is 0 Å². The molecule has 182 valence electrons. The number of hydrogen-bond acceptors (Lipinski definition) is 4. The van der Waals surface area contributed by atoms with Crippen LogP contribution in [0.5, 0.6) is 0 Å². The number of pyridine rings is 4. The van der Waals surface area contributed by atoms with Gasteiger partial charge in [-0.2, -0.15) is 0 Å². The van der Waals surface area contributed by atoms with E-state index >= 15 is 0 Å². The van der Waals surface area contributed by atoms with Crippen molar-refractivity contribution >= 4 is 21.8 Å². The zero-order valence-corrected chi connectivity index (χ0v) is 20.7. The van der Waals surface area contributed by atoms with Gasteiger partial charge < -0.3 is 9.97 Å². The van der Waals surface area contributed by atoms with E-state index in [9.17, 15) is 9.59 Å². The number of nitrogens with zero attached hydrogens (tertiary/aromatic N) is 2. The fraction of sp³-hybridized carbons (Fsp3) is 0.267. The molecule has 0 radical (unpaired) electrons. The normalized spacial score (nSPS) is 11.4. The first kappa shape index (κ1) is 23.7. The van der Waals surface area contributed by atoms with Crippen molar-refractivity contribution in [1.29, 1.82) is 0 Å². The molecule has 0 aliphatic carbocycles. The van der Waals surface area contributed by atoms with E-state index in [1.165, 1.54) is 0 Å². The predicted molar refractivity (Wildman–Crippen MR) is 146 cm³/mol. The molecule has 0 fully saturated rings. The molecule has 6 nitrogen and oxygen atoms in total. The molecule has 0 saturated heterocycles. The van der Waals surface area contributed by atoms with Gasteiger partial charge in [0.2, 0.25) is 0 Å². The van der Waals surface area contributed by atoms with Crippen molar-refractivity contribution in [2.45, 2.75) is 52.4 Å². The van der Waals surface area contributed by atoms with Crippen molar-refractivity contribution in [3.05, 3.63) is 92.8 Å². The van der Waals surface area contributed by atoms with Crippen molar-refractivity contribution in [3.8, 4) is 22.5 Å². The number of aromatic nitrogens is 4. The minimum Gasteiger partial charge on any atom is -0.366 e. The Morgan fingerprint density at radius 3 is 1.44 bits per heavy atom. The van der Waals surface area contributed by atoms with E-state index in [-0.39, 0.29) is 10.9 Å². The molecular formula is C30H30N4O2. The summed E-state index contributed by atoms with van der Waals surface area (Å²) >= 11 is 0. The molecular weight excluding hydrogens is 448 g/mol. The summed E-state index contributed by atoms with van der Waals surface area (Å²) in [5.41, 5.74) is 5.33. The number of H-pyrrole nitrogens is 2. The standard InChI is InChI=1S/C30H30N4O2/c1-3-5-7-21-15-31-17-23(29(21)35)25-13-11-19-9-10-20-12-14-26(34-28(20)27(19)33-25)24-18-32-16-22(30(24)36)8-6-4-2/h9-18H,3-8H2,1-2H3,(H,31,35)(H,32,36). The molecule has 5 rings (SSSR count). The molecule has 0 spiro atoms. The summed E-state index contributed by atoms with van der Waals surface area (Å²) in [6.45, 7) is 4.23. The van der Waals surface area contributed by atoms with Gasteiger partial charge in [-0.05, 0) is 37.8 Å². The van der Waals surface area contributed by atoms with Crippen LogP contribution in [0.3, 0.4) is 0 Å². The van der Waals surface area contributed by atoms with Crippen molar-refractivity contribution in [2.24, 2.45) is 0 Å². The van der Waals surface area contributed by atoms with Gasteiger partial charge in [-0.25, -0.2) is 9.97 Å². The summed E-state index contributed by atoms with van der Waals surface area (Å²) in [7, 11) is 0. The van der Waals surface area contributed by atoms with E-state index in [0.29, 0.717) is 33.5 Å². The number of nitrogens with one attached hydrogen (secondary N) is 2. The number of aromatic amines is 2. The summed E-state index contributed by atoms with van der Waals surface area (Å²) < 4.78 is 0. The van der Waals surface area contributed by atoms with Crippen LogP contribution in [0.25, 0.3) is 44.3 Å². The first-order chi connectivity index (χ1) is 17.6. The maximum Gasteiger partial charge on any atom is 0.194 e. The lowest BCUT2D eigenvalue weighted by atomic mass is 10.0. The minimum atomic E-state index is 0.0124. The lowest BCUT2D eigenvalue weighted by Gasteiger charge is -2.09. The molecule has 0 bridgehead atoms. The fourth-order valence-electron chi connectivity index (χ4n) is 4.61. The highest BCUT2D eigenvalue weighted by atomic mass is 16.1. The molecule has 0 amide bonds. The molecule has 5 aromatic rings. The van der Waals surface area contributed by atoms with Gasteiger partial charge in [0.25, 0.3) is 0 Å². The number of benzene rings is 1. The number of fused-ring (bicyclic) bond motifs is 3. The first-order valence-electron chi connectivity index (χ1n) is 12.7. The van der Waals surface area contributed by atoms with E-state index in [0.717, 1.165) is 60.4 Å². The van der Waals surface area contributed by atoms with Crippen LogP contribution in [-0.4, -0.2) is 19.9 Å². The summed E-state index contributed by atoms with van der Waals surface area (Å²) in [4.78, 5) is 42.3. The lowest BCUT2D eigenvalue weighted by molar-refractivity contribution is 0.788. The van der Waals surface area contributed by atoms with Gasteiger partial charge in [0.15, 0.2) is 10.9 Å². The molecule has 4 aromatic heterocycles. The number of hydrogen-bond donors (Lipinski definition) is 2. The second-order valence-electron chi connectivity index (χ2n) is 9.26. The van der Waals surface area contributed by atoms with Crippen molar-refractivity contribution in [2.75, 3.05) is 0 Å². The average Bonchev–Trinajstić information content (AvgIpc) is 2.91. The molecule has 0 aliphatic rings. The summed E-state index contributed by atoms with van der Waals surface area (Å²) in [5, 5.41) is 1.86. The highest BCUT2D eigenvalue weighted by Crippen LogP contribution is 2.27. The van der Waals surface area contributed by atoms with Crippen LogP contribution in [0.2, 0.25) is 0 Å². The maximum absolute atomic E-state index is 13.1. The van der Waals surface area contributed by atoms with Gasteiger partial charge >= 0.3 is 0 Å². The Labute approximate surface area is 209 Å². The molecule has 36 heavy (non-hydrogen) atoms. The van der Waals surface area contributed by atoms with Crippen molar-refractivity contribution in [3.63, 3.8) is 0 Å². The van der Waals surface area contributed by atoms with Crippen LogP contribution >= 0.6 is 0 Å². The topological polar surface area (TPSA) is 91.5 Å². The lowest BCUT2D eigenvalue weighted by Crippen LogP contribution is -2.13. The zero-order chi connectivity index (χ0) is 25.1. The van der Waals surface area contributed by atoms with E-state index in [2.05, 4.69) is 23.8 Å². The van der Waals surface area contributed by atoms with Gasteiger partial charge in [0.05, 0.1) is 33.5 Å². The monoisotopic (exact) mass is 478 g/mol. The molecule has 0 saturated carbocycles. The Bertz CT molecular complexity index is 1540. The van der Waals surface area contributed by atoms with E-state index in [1.54, 1.807) is 24.8 Å². The Hall–Kier alpha value is -4.06. The third-order valence-electron chi connectivity index (χ3n) is 6.71. The highest BCUT2D eigenvalue weighted by Gasteiger charge is 2.14. The van der Waals surface area contributed by atoms with Gasteiger partial charge in [-0.3, -0.25) is 9.59 Å². The van der Waals surface area contributed by atoms with Crippen LogP contribution in [-0.2, 0) is 12.8 Å². The van der Waals surface area contributed by atoms with Gasteiger partial charge in [-0.15, -0.1) is 0 Å². The minimum absolute atomic E-state index is 0.0124. The predicted octanol–water partition coefficient (Wildman–Crippen LogP) is 6.18. The van der Waals surface area contributed by atoms with Gasteiger partial charge in [-0.1, -0.05) is 51.0 Å². The van der Waals surface area contributed by atoms with Gasteiger partial charge in [0.1, 0.15) is 0 Å². The van der Waals surface area contributed by atoms with Crippen LogP contribution < -0.4 is 10.9 Å². The SMILES string of the molecule is CCCCc1c[nH]cc(-c2ccc3ccc4ccc(-c5c[nH]cc(CCCC)c5=O)nc4c3n2)c1=O. The smallest absolute Gasteiger partial charge is 0.194 e. The highest BCUT2D eigenvalue weighted by molar-refractivity contribution is 6.04. The molecule has 0 aliphatic heterocycles. The average molecular weight is 479 g/mol. The summed E-state index contributed by atoms with van der Waals surface area (Å²) in [6.07, 6.45) is 12.5. The third kappa shape index (κ3) is 4.47. The van der Waals surface area contributed by atoms with E-state index in [1.807, 2.05) is 36.4 Å². The Kier molecular flexibility index (Phi) is 6.76. The summed E-state index contributed by atoms with van der Waals surface area (Å²) in [6, 6.07) is 11.7. The molecule has 6 heteroatoms. The van der Waals surface area contributed by atoms with Gasteiger partial charge in [0, 0.05) is 46.7 Å². The Balaban J connectivity index is 1.65.